The van der Waals surface area contributed by atoms with Crippen molar-refractivity contribution < 1.29 is 18.7 Å². The zero-order chi connectivity index (χ0) is 17.4. The minimum Gasteiger partial charge on any atom is -0.492 e. The van der Waals surface area contributed by atoms with E-state index in [4.69, 9.17) is 9.47 Å². The van der Waals surface area contributed by atoms with Crippen molar-refractivity contribution in [3.8, 4) is 5.75 Å². The fourth-order valence-electron chi connectivity index (χ4n) is 3.62. The lowest BCUT2D eigenvalue weighted by Gasteiger charge is -2.35. The third-order valence-electron chi connectivity index (χ3n) is 4.65. The molecule has 0 fully saturated rings. The predicted octanol–water partition coefficient (Wildman–Crippen LogP) is 4.00. The average Bonchev–Trinajstić information content (AvgIpc) is 2.95. The number of anilines is 1. The molecule has 2 aromatic carbocycles. The van der Waals surface area contributed by atoms with Crippen molar-refractivity contribution in [2.75, 3.05) is 18.1 Å². The van der Waals surface area contributed by atoms with Gasteiger partial charge in [-0.25, -0.2) is 4.79 Å². The van der Waals surface area contributed by atoms with Gasteiger partial charge in [-0.05, 0) is 25.1 Å². The van der Waals surface area contributed by atoms with Crippen molar-refractivity contribution in [3.63, 3.8) is 0 Å². The number of rotatable bonds is 3. The second kappa shape index (κ2) is 6.24. The van der Waals surface area contributed by atoms with Gasteiger partial charge < -0.3 is 14.4 Å². The predicted molar refractivity (Wildman–Crippen MR) is 91.9 cm³/mol. The Balaban J connectivity index is 1.86. The molecule has 25 heavy (non-hydrogen) atoms. The molecule has 0 saturated heterocycles. The molecular weight excluding hydrogens is 321 g/mol. The van der Waals surface area contributed by atoms with E-state index in [1.54, 1.807) is 11.8 Å². The van der Waals surface area contributed by atoms with Crippen molar-refractivity contribution >= 4 is 11.7 Å². The molecule has 2 unspecified atom stereocenters. The van der Waals surface area contributed by atoms with Gasteiger partial charge in [0.25, 0.3) is 0 Å². The van der Waals surface area contributed by atoms with Crippen LogP contribution in [-0.4, -0.2) is 19.2 Å². The van der Waals surface area contributed by atoms with Crippen LogP contribution in [-0.2, 0) is 9.53 Å². The summed E-state index contributed by atoms with van der Waals surface area (Å²) in [4.78, 5) is 14.0. The molecule has 0 saturated carbocycles. The van der Waals surface area contributed by atoms with E-state index in [0.717, 1.165) is 11.3 Å². The first-order valence-electron chi connectivity index (χ1n) is 8.35. The third kappa shape index (κ3) is 2.47. The molecule has 4 nitrogen and oxygen atoms in total. The highest BCUT2D eigenvalue weighted by molar-refractivity contribution is 5.92. The SMILES string of the molecule is CCOC(=O)C1=C(F)N(c2ccccc2)C2c3ccccc3OCC12. The molecule has 2 atom stereocenters. The maximum atomic E-state index is 15.4. The highest BCUT2D eigenvalue weighted by atomic mass is 19.1. The van der Waals surface area contributed by atoms with E-state index < -0.39 is 17.8 Å². The van der Waals surface area contributed by atoms with Crippen molar-refractivity contribution in [2.24, 2.45) is 5.92 Å². The van der Waals surface area contributed by atoms with Crippen LogP contribution in [0.15, 0.2) is 66.1 Å². The van der Waals surface area contributed by atoms with Crippen LogP contribution in [0.25, 0.3) is 0 Å². The molecule has 2 heterocycles. The standard InChI is InChI=1S/C20H18FNO3/c1-2-24-20(23)17-15-12-25-16-11-7-6-10-14(16)18(15)22(19(17)21)13-8-4-3-5-9-13/h3-11,15,18H,2,12H2,1H3. The molecule has 128 valence electrons. The Kier molecular flexibility index (Phi) is 3.92. The lowest BCUT2D eigenvalue weighted by Crippen LogP contribution is -2.33. The average molecular weight is 339 g/mol. The van der Waals surface area contributed by atoms with Crippen LogP contribution < -0.4 is 9.64 Å². The zero-order valence-corrected chi connectivity index (χ0v) is 13.8. The van der Waals surface area contributed by atoms with E-state index in [9.17, 15) is 4.79 Å². The summed E-state index contributed by atoms with van der Waals surface area (Å²) in [6.07, 6.45) is 0. The smallest absolute Gasteiger partial charge is 0.339 e. The lowest BCUT2D eigenvalue weighted by atomic mass is 9.87. The Morgan fingerprint density at radius 1 is 1.20 bits per heavy atom. The van der Waals surface area contributed by atoms with Gasteiger partial charge in [0.1, 0.15) is 5.75 Å². The van der Waals surface area contributed by atoms with E-state index >= 15 is 4.39 Å². The Labute approximate surface area is 145 Å². The van der Waals surface area contributed by atoms with Gasteiger partial charge in [-0.1, -0.05) is 36.4 Å². The van der Waals surface area contributed by atoms with E-state index in [1.165, 1.54) is 0 Å². The van der Waals surface area contributed by atoms with Crippen LogP contribution in [0.4, 0.5) is 10.1 Å². The number of benzene rings is 2. The van der Waals surface area contributed by atoms with Crippen LogP contribution in [0.5, 0.6) is 5.75 Å². The molecule has 0 N–H and O–H groups in total. The Morgan fingerprint density at radius 3 is 2.68 bits per heavy atom. The first-order chi connectivity index (χ1) is 12.2. The van der Waals surface area contributed by atoms with Crippen LogP contribution in [0, 0.1) is 5.92 Å². The normalized spacial score (nSPS) is 21.4. The number of ether oxygens (including phenoxy) is 2. The molecule has 0 aromatic heterocycles. The van der Waals surface area contributed by atoms with Crippen LogP contribution in [0.1, 0.15) is 18.5 Å². The van der Waals surface area contributed by atoms with Gasteiger partial charge in [0.15, 0.2) is 0 Å². The van der Waals surface area contributed by atoms with Gasteiger partial charge in [-0.3, -0.25) is 0 Å². The lowest BCUT2D eigenvalue weighted by molar-refractivity contribution is -0.139. The van der Waals surface area contributed by atoms with Crippen molar-refractivity contribution in [3.05, 3.63) is 71.7 Å². The van der Waals surface area contributed by atoms with E-state index in [2.05, 4.69) is 0 Å². The fourth-order valence-corrected chi connectivity index (χ4v) is 3.62. The first-order valence-corrected chi connectivity index (χ1v) is 8.35. The number of para-hydroxylation sites is 2. The van der Waals surface area contributed by atoms with Crippen LogP contribution in [0.2, 0.25) is 0 Å². The summed E-state index contributed by atoms with van der Waals surface area (Å²) in [5.41, 5.74) is 1.63. The quantitative estimate of drug-likeness (QED) is 0.626. The van der Waals surface area contributed by atoms with E-state index in [-0.39, 0.29) is 24.8 Å². The molecule has 0 aliphatic carbocycles. The number of esters is 1. The highest BCUT2D eigenvalue weighted by Crippen LogP contribution is 2.51. The molecule has 2 aliphatic rings. The molecule has 0 spiro atoms. The number of carbonyl (C=O) groups is 1. The zero-order valence-electron chi connectivity index (χ0n) is 13.8. The summed E-state index contributed by atoms with van der Waals surface area (Å²) < 4.78 is 26.2. The van der Waals surface area contributed by atoms with Gasteiger partial charge in [0.05, 0.1) is 30.7 Å². The number of hydrogen-bond donors (Lipinski definition) is 0. The van der Waals surface area contributed by atoms with Crippen molar-refractivity contribution in [1.82, 2.24) is 0 Å². The summed E-state index contributed by atoms with van der Waals surface area (Å²) in [5.74, 6) is -0.854. The Bertz CT molecular complexity index is 834. The van der Waals surface area contributed by atoms with Crippen molar-refractivity contribution in [1.29, 1.82) is 0 Å². The maximum absolute atomic E-state index is 15.4. The molecule has 0 radical (unpaired) electrons. The molecule has 4 rings (SSSR count). The third-order valence-corrected chi connectivity index (χ3v) is 4.65. The second-order valence-electron chi connectivity index (χ2n) is 6.03. The van der Waals surface area contributed by atoms with Gasteiger partial charge in [0, 0.05) is 11.3 Å². The van der Waals surface area contributed by atoms with Crippen LogP contribution in [0.3, 0.4) is 0 Å². The molecule has 2 aliphatic heterocycles. The summed E-state index contributed by atoms with van der Waals surface area (Å²) in [5, 5.41) is 0. The fraction of sp³-hybridized carbons (Fsp3) is 0.250. The van der Waals surface area contributed by atoms with Gasteiger partial charge >= 0.3 is 5.97 Å². The first kappa shape index (κ1) is 15.7. The Hall–Kier alpha value is -2.82. The van der Waals surface area contributed by atoms with E-state index in [0.29, 0.717) is 5.69 Å². The summed E-state index contributed by atoms with van der Waals surface area (Å²) in [6.45, 7) is 2.16. The number of halogens is 1. The largest absolute Gasteiger partial charge is 0.492 e. The molecule has 0 amide bonds. The topological polar surface area (TPSA) is 38.8 Å². The number of fused-ring (bicyclic) bond motifs is 3. The molecule has 2 aromatic rings. The minimum atomic E-state index is -0.614. The molecule has 5 heteroatoms. The monoisotopic (exact) mass is 339 g/mol. The minimum absolute atomic E-state index is 0.0604. The van der Waals surface area contributed by atoms with Gasteiger partial charge in [-0.2, -0.15) is 4.39 Å². The Morgan fingerprint density at radius 2 is 1.92 bits per heavy atom. The number of carbonyl (C=O) groups excluding carboxylic acids is 1. The van der Waals surface area contributed by atoms with Crippen molar-refractivity contribution in [2.45, 2.75) is 13.0 Å². The van der Waals surface area contributed by atoms with Crippen LogP contribution >= 0.6 is 0 Å². The maximum Gasteiger partial charge on any atom is 0.339 e. The highest BCUT2D eigenvalue weighted by Gasteiger charge is 2.49. The van der Waals surface area contributed by atoms with Gasteiger partial charge in [-0.15, -0.1) is 0 Å². The number of nitrogens with zero attached hydrogens (tertiary/aromatic N) is 1. The summed E-state index contributed by atoms with van der Waals surface area (Å²) in [6, 6.07) is 16.5. The summed E-state index contributed by atoms with van der Waals surface area (Å²) in [7, 11) is 0. The second-order valence-corrected chi connectivity index (χ2v) is 6.03. The summed E-state index contributed by atoms with van der Waals surface area (Å²) >= 11 is 0. The molecular formula is C20H18FNO3. The number of hydrogen-bond acceptors (Lipinski definition) is 4. The van der Waals surface area contributed by atoms with Gasteiger partial charge in [0.2, 0.25) is 5.95 Å². The molecule has 0 bridgehead atoms. The van der Waals surface area contributed by atoms with E-state index in [1.807, 2.05) is 54.6 Å².